The van der Waals surface area contributed by atoms with Gasteiger partial charge in [-0.3, -0.25) is 4.79 Å². The van der Waals surface area contributed by atoms with Gasteiger partial charge in [0.25, 0.3) is 0 Å². The molecule has 0 unspecified atom stereocenters. The van der Waals surface area contributed by atoms with E-state index in [0.29, 0.717) is 36.1 Å². The van der Waals surface area contributed by atoms with Crippen molar-refractivity contribution in [1.29, 1.82) is 0 Å². The normalized spacial score (nSPS) is 12.1. The number of hydrogen-bond acceptors (Lipinski definition) is 6. The number of pyridine rings is 2. The van der Waals surface area contributed by atoms with Gasteiger partial charge in [-0.25, -0.2) is 9.78 Å². The Morgan fingerprint density at radius 1 is 1.26 bits per heavy atom. The predicted molar refractivity (Wildman–Crippen MR) is 148 cm³/mol. The number of nitrogens with zero attached hydrogens (tertiary/aromatic N) is 2. The van der Waals surface area contributed by atoms with Crippen molar-refractivity contribution >= 4 is 53.7 Å². The lowest BCUT2D eigenvalue weighted by atomic mass is 9.82. The third kappa shape index (κ3) is 8.13. The average molecular weight is 625 g/mol. The molecule has 2 rings (SSSR count). The van der Waals surface area contributed by atoms with Gasteiger partial charge in [0, 0.05) is 44.1 Å². The van der Waals surface area contributed by atoms with E-state index < -0.39 is 5.97 Å². The number of ether oxygens (including phenoxy) is 3. The van der Waals surface area contributed by atoms with E-state index in [0.717, 1.165) is 15.7 Å². The summed E-state index contributed by atoms with van der Waals surface area (Å²) in [6, 6.07) is 1.84. The number of carbonyl (C=O) groups excluding carboxylic acids is 1. The molecule has 0 saturated heterocycles. The van der Waals surface area contributed by atoms with E-state index in [1.165, 1.54) is 0 Å². The SMILES string of the molecule is CCOC(=O)c1cn([C@@H](Cc2cc(OCCCOC)c(Cl)nc2I)C(C)(C)C)cc(C)c1=O.S. The summed E-state index contributed by atoms with van der Waals surface area (Å²) >= 11 is 8.49. The van der Waals surface area contributed by atoms with E-state index in [1.54, 1.807) is 33.4 Å². The quantitative estimate of drug-likeness (QED) is 0.154. The number of hydrogen-bond donors (Lipinski definition) is 0. The molecule has 0 bridgehead atoms. The van der Waals surface area contributed by atoms with Gasteiger partial charge in [-0.05, 0) is 59.9 Å². The largest absolute Gasteiger partial charge is 0.490 e. The fourth-order valence-corrected chi connectivity index (χ4v) is 4.41. The van der Waals surface area contributed by atoms with E-state index in [9.17, 15) is 9.59 Å². The van der Waals surface area contributed by atoms with Crippen LogP contribution in [-0.2, 0) is 15.9 Å². The van der Waals surface area contributed by atoms with Crippen molar-refractivity contribution in [3.8, 4) is 5.75 Å². The Morgan fingerprint density at radius 2 is 1.94 bits per heavy atom. The first kappa shape index (κ1) is 30.7. The molecule has 0 aliphatic rings. The van der Waals surface area contributed by atoms with Crippen LogP contribution in [0.1, 0.15) is 61.6 Å². The molecule has 2 heterocycles. The zero-order valence-electron chi connectivity index (χ0n) is 20.5. The number of halogens is 2. The van der Waals surface area contributed by atoms with Crippen LogP contribution in [0.4, 0.5) is 0 Å². The van der Waals surface area contributed by atoms with Crippen molar-refractivity contribution < 1.29 is 19.0 Å². The number of methoxy groups -OCH3 is 1. The second kappa shape index (κ2) is 13.7. The molecule has 10 heteroatoms. The fraction of sp³-hybridized carbons (Fsp3) is 0.542. The first-order chi connectivity index (χ1) is 15.5. The van der Waals surface area contributed by atoms with Crippen molar-refractivity contribution in [3.05, 3.63) is 54.2 Å². The third-order valence-electron chi connectivity index (χ3n) is 5.21. The number of rotatable bonds is 10. The molecule has 1 atom stereocenters. The summed E-state index contributed by atoms with van der Waals surface area (Å²) in [6.45, 7) is 11.1. The summed E-state index contributed by atoms with van der Waals surface area (Å²) in [5, 5.41) is 0.316. The monoisotopic (exact) mass is 624 g/mol. The zero-order valence-corrected chi connectivity index (χ0v) is 24.4. The summed E-state index contributed by atoms with van der Waals surface area (Å²) in [5.41, 5.74) is 0.982. The van der Waals surface area contributed by atoms with Crippen LogP contribution in [0.15, 0.2) is 23.3 Å². The highest BCUT2D eigenvalue weighted by atomic mass is 127. The van der Waals surface area contributed by atoms with Crippen LogP contribution in [0.3, 0.4) is 0 Å². The number of carbonyl (C=O) groups is 1. The first-order valence-corrected chi connectivity index (χ1v) is 12.3. The molecule has 0 N–H and O–H groups in total. The molecular formula is C24H34ClIN2O5S. The highest BCUT2D eigenvalue weighted by Gasteiger charge is 2.29. The van der Waals surface area contributed by atoms with Gasteiger partial charge in [0.2, 0.25) is 0 Å². The Kier molecular flexibility index (Phi) is 12.4. The molecule has 190 valence electrons. The lowest BCUT2D eigenvalue weighted by Gasteiger charge is -2.34. The van der Waals surface area contributed by atoms with E-state index in [1.807, 2.05) is 10.6 Å². The molecule has 0 fully saturated rings. The average Bonchev–Trinajstić information content (AvgIpc) is 2.73. The maximum absolute atomic E-state index is 12.6. The Morgan fingerprint density at radius 3 is 2.53 bits per heavy atom. The molecule has 0 aliphatic carbocycles. The number of esters is 1. The second-order valence-electron chi connectivity index (χ2n) is 8.86. The third-order valence-corrected chi connectivity index (χ3v) is 6.42. The number of aryl methyl sites for hydroxylation is 1. The summed E-state index contributed by atoms with van der Waals surface area (Å²) < 4.78 is 18.7. The van der Waals surface area contributed by atoms with Crippen LogP contribution in [0, 0.1) is 16.0 Å². The van der Waals surface area contributed by atoms with Gasteiger partial charge in [0.1, 0.15) is 9.26 Å². The van der Waals surface area contributed by atoms with E-state index in [4.69, 9.17) is 25.8 Å². The second-order valence-corrected chi connectivity index (χ2v) is 10.2. The van der Waals surface area contributed by atoms with Crippen LogP contribution >= 0.6 is 47.7 Å². The minimum Gasteiger partial charge on any atom is -0.490 e. The first-order valence-electron chi connectivity index (χ1n) is 10.9. The lowest BCUT2D eigenvalue weighted by Crippen LogP contribution is -2.30. The molecule has 7 nitrogen and oxygen atoms in total. The van der Waals surface area contributed by atoms with Crippen molar-refractivity contribution in [2.75, 3.05) is 26.9 Å². The van der Waals surface area contributed by atoms with E-state index >= 15 is 0 Å². The van der Waals surface area contributed by atoms with Gasteiger partial charge in [-0.1, -0.05) is 32.4 Å². The van der Waals surface area contributed by atoms with Gasteiger partial charge in [0.05, 0.1) is 13.2 Å². The molecule has 0 aromatic carbocycles. The smallest absolute Gasteiger partial charge is 0.343 e. The van der Waals surface area contributed by atoms with Gasteiger partial charge < -0.3 is 18.8 Å². The van der Waals surface area contributed by atoms with Crippen LogP contribution in [0.25, 0.3) is 0 Å². The van der Waals surface area contributed by atoms with Gasteiger partial charge >= 0.3 is 5.97 Å². The zero-order chi connectivity index (χ0) is 24.8. The van der Waals surface area contributed by atoms with Gasteiger partial charge in [0.15, 0.2) is 16.3 Å². The van der Waals surface area contributed by atoms with Crippen molar-refractivity contribution in [2.24, 2.45) is 5.41 Å². The molecule has 0 radical (unpaired) electrons. The molecule has 0 spiro atoms. The molecular weight excluding hydrogens is 591 g/mol. The van der Waals surface area contributed by atoms with Gasteiger partial charge in [-0.15, -0.1) is 0 Å². The number of aromatic nitrogens is 2. The summed E-state index contributed by atoms with van der Waals surface area (Å²) in [5.74, 6) is -0.0822. The van der Waals surface area contributed by atoms with Crippen molar-refractivity contribution in [1.82, 2.24) is 9.55 Å². The molecule has 0 saturated carbocycles. The summed E-state index contributed by atoms with van der Waals surface area (Å²) in [6.07, 6.45) is 4.73. The van der Waals surface area contributed by atoms with E-state index in [-0.39, 0.29) is 42.6 Å². The minimum absolute atomic E-state index is 0. The Hall–Kier alpha value is -1.30. The highest BCUT2D eigenvalue weighted by molar-refractivity contribution is 14.1. The van der Waals surface area contributed by atoms with Crippen molar-refractivity contribution in [2.45, 2.75) is 53.5 Å². The maximum atomic E-state index is 12.6. The topological polar surface area (TPSA) is 79.7 Å². The Balaban J connectivity index is 0.00000578. The highest BCUT2D eigenvalue weighted by Crippen LogP contribution is 2.36. The lowest BCUT2D eigenvalue weighted by molar-refractivity contribution is 0.0522. The molecule has 0 aliphatic heterocycles. The Labute approximate surface area is 227 Å². The van der Waals surface area contributed by atoms with Crippen LogP contribution in [0.2, 0.25) is 5.15 Å². The predicted octanol–water partition coefficient (Wildman–Crippen LogP) is 5.34. The fourth-order valence-electron chi connectivity index (χ4n) is 3.46. The van der Waals surface area contributed by atoms with Crippen molar-refractivity contribution in [3.63, 3.8) is 0 Å². The van der Waals surface area contributed by atoms with Crippen LogP contribution < -0.4 is 10.2 Å². The standard InChI is InChI=1S/C24H32ClIN2O5.H2S/c1-7-32-23(30)17-14-28(13-15(2)20(17)29)19(24(3,4)5)12-16-11-18(21(25)27-22(16)26)33-10-8-9-31-6;/h11,13-14,19H,7-10,12H2,1-6H3;1H2/t19-;/m0./s1. The van der Waals surface area contributed by atoms with Crippen LogP contribution in [-0.4, -0.2) is 42.5 Å². The molecule has 34 heavy (non-hydrogen) atoms. The van der Waals surface area contributed by atoms with E-state index in [2.05, 4.69) is 48.3 Å². The summed E-state index contributed by atoms with van der Waals surface area (Å²) in [4.78, 5) is 29.4. The molecule has 2 aromatic rings. The Bertz CT molecular complexity index is 1040. The molecule has 0 amide bonds. The summed E-state index contributed by atoms with van der Waals surface area (Å²) in [7, 11) is 1.65. The van der Waals surface area contributed by atoms with Crippen LogP contribution in [0.5, 0.6) is 5.75 Å². The maximum Gasteiger partial charge on any atom is 0.343 e. The minimum atomic E-state index is -0.609. The molecule has 2 aromatic heterocycles. The van der Waals surface area contributed by atoms with Gasteiger partial charge in [-0.2, -0.15) is 13.5 Å².